The summed E-state index contributed by atoms with van der Waals surface area (Å²) in [6.45, 7) is 3.80. The molecule has 8 heteroatoms. The van der Waals surface area contributed by atoms with Crippen molar-refractivity contribution in [3.8, 4) is 0 Å². The Kier molecular flexibility index (Phi) is 13.4. The van der Waals surface area contributed by atoms with Crippen LogP contribution in [0.3, 0.4) is 0 Å². The van der Waals surface area contributed by atoms with Crippen LogP contribution in [0.15, 0.2) is 146 Å². The van der Waals surface area contributed by atoms with E-state index in [2.05, 4.69) is 5.32 Å². The number of nitrogens with one attached hydrogen (secondary N) is 1. The van der Waals surface area contributed by atoms with E-state index in [1.165, 1.54) is 0 Å². The molecule has 5 aromatic carbocycles. The molecular formula is C43H45NO7. The van der Waals surface area contributed by atoms with Gasteiger partial charge in [-0.05, 0) is 53.4 Å². The van der Waals surface area contributed by atoms with Crippen molar-refractivity contribution < 1.29 is 33.2 Å². The third kappa shape index (κ3) is 10.6. The third-order valence-corrected chi connectivity index (χ3v) is 8.60. The van der Waals surface area contributed by atoms with Crippen LogP contribution in [0.1, 0.15) is 39.5 Å². The second-order valence-corrected chi connectivity index (χ2v) is 12.3. The Morgan fingerprint density at radius 1 is 0.588 bits per heavy atom. The van der Waals surface area contributed by atoms with E-state index in [9.17, 15) is 4.79 Å². The molecule has 0 spiro atoms. The first kappa shape index (κ1) is 36.0. The van der Waals surface area contributed by atoms with Crippen LogP contribution in [0.25, 0.3) is 0 Å². The maximum Gasteiger partial charge on any atom is 0.338 e. The molecule has 1 aliphatic heterocycles. The monoisotopic (exact) mass is 687 g/mol. The van der Waals surface area contributed by atoms with E-state index in [4.69, 9.17) is 28.4 Å². The molecule has 0 amide bonds. The van der Waals surface area contributed by atoms with Crippen molar-refractivity contribution >= 4 is 11.7 Å². The van der Waals surface area contributed by atoms with Gasteiger partial charge in [0.2, 0.25) is 0 Å². The van der Waals surface area contributed by atoms with Gasteiger partial charge in [0, 0.05) is 5.69 Å². The number of esters is 1. The van der Waals surface area contributed by atoms with E-state index >= 15 is 0 Å². The summed E-state index contributed by atoms with van der Waals surface area (Å²) in [6, 6.07) is 46.9. The molecule has 1 N–H and O–H groups in total. The van der Waals surface area contributed by atoms with Gasteiger partial charge in [0.15, 0.2) is 6.29 Å². The Labute approximate surface area is 300 Å². The van der Waals surface area contributed by atoms with E-state index < -0.39 is 30.6 Å². The minimum atomic E-state index is -0.752. The van der Waals surface area contributed by atoms with Crippen molar-refractivity contribution in [2.45, 2.75) is 64.0 Å². The van der Waals surface area contributed by atoms with Crippen molar-refractivity contribution in [1.29, 1.82) is 0 Å². The van der Waals surface area contributed by atoms with E-state index in [1.807, 2.05) is 133 Å². The van der Waals surface area contributed by atoms with Crippen LogP contribution < -0.4 is 5.32 Å². The molecule has 0 radical (unpaired) electrons. The zero-order chi connectivity index (χ0) is 35.1. The first-order valence-electron chi connectivity index (χ1n) is 17.4. The van der Waals surface area contributed by atoms with Gasteiger partial charge < -0.3 is 33.7 Å². The van der Waals surface area contributed by atoms with E-state index in [-0.39, 0.29) is 12.6 Å². The summed E-state index contributed by atoms with van der Waals surface area (Å²) in [5.41, 5.74) is 5.37. The first-order chi connectivity index (χ1) is 25.2. The molecule has 51 heavy (non-hydrogen) atoms. The lowest BCUT2D eigenvalue weighted by molar-refractivity contribution is -0.286. The van der Waals surface area contributed by atoms with E-state index in [0.717, 1.165) is 27.9 Å². The predicted octanol–water partition coefficient (Wildman–Crippen LogP) is 7.97. The summed E-state index contributed by atoms with van der Waals surface area (Å²) < 4.78 is 38.5. The van der Waals surface area contributed by atoms with Gasteiger partial charge in [-0.25, -0.2) is 4.79 Å². The molecule has 1 saturated heterocycles. The molecule has 0 unspecified atom stereocenters. The number of rotatable bonds is 17. The predicted molar refractivity (Wildman–Crippen MR) is 196 cm³/mol. The lowest BCUT2D eigenvalue weighted by Crippen LogP contribution is -2.63. The molecule has 0 aromatic heterocycles. The average molecular weight is 688 g/mol. The van der Waals surface area contributed by atoms with Crippen molar-refractivity contribution in [2.24, 2.45) is 0 Å². The second kappa shape index (κ2) is 19.0. The van der Waals surface area contributed by atoms with Gasteiger partial charge in [0.05, 0.1) is 45.2 Å². The molecule has 8 nitrogen and oxygen atoms in total. The molecule has 6 rings (SSSR count). The van der Waals surface area contributed by atoms with Crippen LogP contribution in [0, 0.1) is 0 Å². The topological polar surface area (TPSA) is 84.5 Å². The fraction of sp³-hybridized carbons (Fsp3) is 0.279. The Morgan fingerprint density at radius 2 is 1.06 bits per heavy atom. The quantitative estimate of drug-likeness (QED) is 0.0986. The molecule has 0 saturated carbocycles. The number of anilines is 1. The molecule has 1 heterocycles. The fourth-order valence-corrected chi connectivity index (χ4v) is 6.00. The van der Waals surface area contributed by atoms with Gasteiger partial charge in [-0.2, -0.15) is 0 Å². The van der Waals surface area contributed by atoms with Crippen molar-refractivity contribution in [1.82, 2.24) is 0 Å². The van der Waals surface area contributed by atoms with Crippen molar-refractivity contribution in [2.75, 3.05) is 18.5 Å². The maximum atomic E-state index is 12.4. The highest BCUT2D eigenvalue weighted by Gasteiger charge is 2.48. The smallest absolute Gasteiger partial charge is 0.338 e. The molecular weight excluding hydrogens is 642 g/mol. The highest BCUT2D eigenvalue weighted by Crippen LogP contribution is 2.32. The minimum Gasteiger partial charge on any atom is -0.462 e. The Hall–Kier alpha value is -4.83. The minimum absolute atomic E-state index is 0.256. The normalized spacial score (nSPS) is 20.1. The van der Waals surface area contributed by atoms with Gasteiger partial charge in [-0.1, -0.05) is 121 Å². The van der Waals surface area contributed by atoms with Crippen molar-refractivity contribution in [3.05, 3.63) is 173 Å². The third-order valence-electron chi connectivity index (χ3n) is 8.60. The standard InChI is InChI=1S/C43H45NO7/c1-2-47-42(45)36-23-25-37(26-24-36)44-39-41(49-29-34-19-11-5-12-20-34)40(48-28-33-17-9-4-10-18-33)38(31-46-27-32-15-7-3-8-16-32)51-43(39)50-30-35-21-13-6-14-22-35/h3-26,38-41,43-44H,2,27-31H2,1H3/t38-,39-,40-,41-,43-/m1/s1. The highest BCUT2D eigenvalue weighted by molar-refractivity contribution is 5.89. The van der Waals surface area contributed by atoms with Gasteiger partial charge in [0.25, 0.3) is 0 Å². The van der Waals surface area contributed by atoms with Gasteiger partial charge >= 0.3 is 5.97 Å². The Morgan fingerprint density at radius 3 is 1.57 bits per heavy atom. The van der Waals surface area contributed by atoms with Crippen molar-refractivity contribution in [3.63, 3.8) is 0 Å². The van der Waals surface area contributed by atoms with E-state index in [1.54, 1.807) is 19.1 Å². The highest BCUT2D eigenvalue weighted by atomic mass is 16.7. The number of carbonyl (C=O) groups is 1. The van der Waals surface area contributed by atoms with Crippen LogP contribution in [0.2, 0.25) is 0 Å². The van der Waals surface area contributed by atoms with Crippen LogP contribution in [-0.4, -0.2) is 49.8 Å². The molecule has 264 valence electrons. The number of benzene rings is 5. The summed E-state index contributed by atoms with van der Waals surface area (Å²) in [4.78, 5) is 12.4. The number of hydrogen-bond acceptors (Lipinski definition) is 8. The lowest BCUT2D eigenvalue weighted by Gasteiger charge is -2.46. The molecule has 1 fully saturated rings. The molecule has 5 aromatic rings. The largest absolute Gasteiger partial charge is 0.462 e. The number of ether oxygens (including phenoxy) is 6. The zero-order valence-electron chi connectivity index (χ0n) is 28.8. The molecule has 0 bridgehead atoms. The van der Waals surface area contributed by atoms with Gasteiger partial charge in [-0.3, -0.25) is 0 Å². The van der Waals surface area contributed by atoms with Crippen LogP contribution in [0.5, 0.6) is 0 Å². The Bertz CT molecular complexity index is 1720. The van der Waals surface area contributed by atoms with Gasteiger partial charge in [0.1, 0.15) is 24.4 Å². The number of hydrogen-bond donors (Lipinski definition) is 1. The zero-order valence-corrected chi connectivity index (χ0v) is 28.8. The summed E-state index contributed by atoms with van der Waals surface area (Å²) >= 11 is 0. The van der Waals surface area contributed by atoms with Crippen LogP contribution >= 0.6 is 0 Å². The SMILES string of the molecule is CCOC(=O)c1ccc(N[C@H]2[C@H](OCc3ccccc3)O[C@H](COCc3ccccc3)[C@@H](OCc3ccccc3)[C@@H]2OCc2ccccc2)cc1. The maximum absolute atomic E-state index is 12.4. The lowest BCUT2D eigenvalue weighted by atomic mass is 9.95. The van der Waals surface area contributed by atoms with Crippen LogP contribution in [0.4, 0.5) is 5.69 Å². The summed E-state index contributed by atoms with van der Waals surface area (Å²) in [5.74, 6) is -0.370. The first-order valence-corrected chi connectivity index (χ1v) is 17.4. The fourth-order valence-electron chi connectivity index (χ4n) is 6.00. The van der Waals surface area contributed by atoms with Crippen LogP contribution in [-0.2, 0) is 54.8 Å². The molecule has 0 aliphatic carbocycles. The van der Waals surface area contributed by atoms with Gasteiger partial charge in [-0.15, -0.1) is 0 Å². The molecule has 5 atom stereocenters. The Balaban J connectivity index is 1.32. The number of carbonyl (C=O) groups excluding carboxylic acids is 1. The summed E-state index contributed by atoms with van der Waals surface area (Å²) in [7, 11) is 0. The average Bonchev–Trinajstić information content (AvgIpc) is 3.18. The second-order valence-electron chi connectivity index (χ2n) is 12.3. The molecule has 1 aliphatic rings. The van der Waals surface area contributed by atoms with E-state index in [0.29, 0.717) is 38.6 Å². The summed E-state index contributed by atoms with van der Waals surface area (Å²) in [6.07, 6.45) is -2.36. The summed E-state index contributed by atoms with van der Waals surface area (Å²) in [5, 5.41) is 3.63.